The molecule has 0 bridgehead atoms. The van der Waals surface area contributed by atoms with Gasteiger partial charge in [-0.15, -0.1) is 0 Å². The first-order valence-corrected chi connectivity index (χ1v) is 10.0. The highest BCUT2D eigenvalue weighted by Crippen LogP contribution is 2.33. The molecule has 1 rings (SSSR count). The van der Waals surface area contributed by atoms with Crippen LogP contribution in [-0.2, 0) is 23.7 Å². The van der Waals surface area contributed by atoms with Gasteiger partial charge in [-0.05, 0) is 18.3 Å². The average molecular weight is 463 g/mol. The van der Waals surface area contributed by atoms with Crippen molar-refractivity contribution in [1.82, 2.24) is 0 Å². The fourth-order valence-electron chi connectivity index (χ4n) is 3.01. The molecular formula is C20H31BrO7. The highest BCUT2D eigenvalue weighted by atomic mass is 79.9. The zero-order chi connectivity index (χ0) is 21.2. The molecule has 0 aromatic rings. The molecule has 0 aromatic carbocycles. The van der Waals surface area contributed by atoms with E-state index in [1.54, 1.807) is 18.2 Å². The number of methoxy groups -OCH3 is 3. The van der Waals surface area contributed by atoms with Crippen LogP contribution in [0.2, 0.25) is 0 Å². The van der Waals surface area contributed by atoms with Crippen molar-refractivity contribution in [2.75, 3.05) is 21.3 Å². The summed E-state index contributed by atoms with van der Waals surface area (Å²) in [5.74, 6) is -2.33. The Labute approximate surface area is 175 Å². The summed E-state index contributed by atoms with van der Waals surface area (Å²) in [4.78, 5) is 13.4. The minimum absolute atomic E-state index is 0.0803. The standard InChI is InChI=1S/C20H31BrO7/c1-14(7-8-15(25-2)6-5-9-21)10-17(22)18-11-16(26-3)12-20(24,28-18)13-19(23)27-4/h5,7-10,15-18,22,24H,6,11-13H2,1-4H3/t15?,16-,17-,18-,20+/m1/s1. The molecule has 1 saturated heterocycles. The van der Waals surface area contributed by atoms with Crippen LogP contribution in [0.4, 0.5) is 0 Å². The van der Waals surface area contributed by atoms with Gasteiger partial charge in [0.25, 0.3) is 0 Å². The van der Waals surface area contributed by atoms with Gasteiger partial charge >= 0.3 is 5.97 Å². The van der Waals surface area contributed by atoms with Crippen molar-refractivity contribution in [3.05, 3.63) is 34.9 Å². The van der Waals surface area contributed by atoms with Crippen LogP contribution in [0.5, 0.6) is 0 Å². The summed E-state index contributed by atoms with van der Waals surface area (Å²) in [6.07, 6.45) is 6.13. The third-order valence-electron chi connectivity index (χ3n) is 4.54. The largest absolute Gasteiger partial charge is 0.469 e. The Hall–Kier alpha value is -1.03. The number of hydrogen-bond acceptors (Lipinski definition) is 7. The first-order valence-electron chi connectivity index (χ1n) is 9.09. The van der Waals surface area contributed by atoms with Crippen LogP contribution in [0.3, 0.4) is 0 Å². The average Bonchev–Trinajstić information content (AvgIpc) is 2.67. The van der Waals surface area contributed by atoms with Crippen molar-refractivity contribution < 1.29 is 34.0 Å². The van der Waals surface area contributed by atoms with Crippen molar-refractivity contribution in [3.8, 4) is 0 Å². The van der Waals surface area contributed by atoms with E-state index in [1.165, 1.54) is 14.2 Å². The van der Waals surface area contributed by atoms with Crippen LogP contribution in [-0.4, -0.2) is 67.7 Å². The Balaban J connectivity index is 2.82. The molecule has 1 fully saturated rings. The summed E-state index contributed by atoms with van der Waals surface area (Å²) in [7, 11) is 4.40. The zero-order valence-corrected chi connectivity index (χ0v) is 18.4. The molecule has 1 unspecified atom stereocenters. The van der Waals surface area contributed by atoms with Crippen LogP contribution in [0.15, 0.2) is 34.9 Å². The van der Waals surface area contributed by atoms with Gasteiger partial charge in [0.2, 0.25) is 0 Å². The lowest BCUT2D eigenvalue weighted by Crippen LogP contribution is -2.51. The Kier molecular flexibility index (Phi) is 11.2. The first-order chi connectivity index (χ1) is 13.3. The summed E-state index contributed by atoms with van der Waals surface area (Å²) in [5, 5.41) is 21.2. The van der Waals surface area contributed by atoms with Gasteiger partial charge in [0.05, 0.1) is 37.9 Å². The molecule has 28 heavy (non-hydrogen) atoms. The highest BCUT2D eigenvalue weighted by molar-refractivity contribution is 9.11. The molecule has 1 heterocycles. The second-order valence-corrected chi connectivity index (χ2v) is 7.31. The molecule has 1 aliphatic rings. The Bertz CT molecular complexity index is 575. The van der Waals surface area contributed by atoms with E-state index in [2.05, 4.69) is 20.7 Å². The molecule has 160 valence electrons. The highest BCUT2D eigenvalue weighted by Gasteiger charge is 2.44. The van der Waals surface area contributed by atoms with Crippen molar-refractivity contribution in [2.24, 2.45) is 0 Å². The molecule has 1 aliphatic heterocycles. The van der Waals surface area contributed by atoms with Gasteiger partial charge in [-0.1, -0.05) is 45.8 Å². The van der Waals surface area contributed by atoms with Gasteiger partial charge in [-0.3, -0.25) is 4.79 Å². The van der Waals surface area contributed by atoms with Gasteiger partial charge < -0.3 is 29.2 Å². The van der Waals surface area contributed by atoms with E-state index in [-0.39, 0.29) is 25.0 Å². The summed E-state index contributed by atoms with van der Waals surface area (Å²) >= 11 is 3.22. The third kappa shape index (κ3) is 8.55. The molecule has 0 saturated carbocycles. The number of hydrogen-bond donors (Lipinski definition) is 2. The van der Waals surface area contributed by atoms with Gasteiger partial charge in [-0.25, -0.2) is 0 Å². The third-order valence-corrected chi connectivity index (χ3v) is 4.92. The van der Waals surface area contributed by atoms with E-state index in [0.717, 1.165) is 12.0 Å². The maximum atomic E-state index is 11.6. The number of ether oxygens (including phenoxy) is 4. The van der Waals surface area contributed by atoms with E-state index >= 15 is 0 Å². The second-order valence-electron chi connectivity index (χ2n) is 6.78. The van der Waals surface area contributed by atoms with Crippen LogP contribution in [0, 0.1) is 0 Å². The molecule has 2 N–H and O–H groups in total. The number of carbonyl (C=O) groups is 1. The molecule has 0 aliphatic carbocycles. The van der Waals surface area contributed by atoms with Crippen LogP contribution >= 0.6 is 15.9 Å². The van der Waals surface area contributed by atoms with E-state index < -0.39 is 24.0 Å². The van der Waals surface area contributed by atoms with Gasteiger partial charge in [0.15, 0.2) is 5.79 Å². The summed E-state index contributed by atoms with van der Waals surface area (Å²) in [6, 6.07) is 0. The fourth-order valence-corrected chi connectivity index (χ4v) is 3.22. The topological polar surface area (TPSA) is 94.5 Å². The number of allylic oxidation sites excluding steroid dienone is 2. The van der Waals surface area contributed by atoms with Crippen molar-refractivity contribution in [2.45, 2.75) is 62.8 Å². The number of aliphatic hydroxyl groups excluding tert-OH is 1. The van der Waals surface area contributed by atoms with Crippen molar-refractivity contribution in [3.63, 3.8) is 0 Å². The van der Waals surface area contributed by atoms with Crippen molar-refractivity contribution in [1.29, 1.82) is 0 Å². The molecule has 0 spiro atoms. The number of aliphatic hydroxyl groups is 2. The predicted molar refractivity (Wildman–Crippen MR) is 109 cm³/mol. The SMILES string of the molecule is COC(=O)C[C@]1(O)C[C@H](OC)C[C@H]([C@H](O)C=C(C)C=CC(CC=CBr)OC)O1. The van der Waals surface area contributed by atoms with E-state index in [1.807, 2.05) is 25.2 Å². The number of esters is 1. The van der Waals surface area contributed by atoms with E-state index in [0.29, 0.717) is 6.42 Å². The summed E-state index contributed by atoms with van der Waals surface area (Å²) in [5.41, 5.74) is 0.817. The second kappa shape index (κ2) is 12.5. The minimum atomic E-state index is -1.74. The van der Waals surface area contributed by atoms with Crippen LogP contribution < -0.4 is 0 Å². The summed E-state index contributed by atoms with van der Waals surface area (Å²) in [6.45, 7) is 1.85. The van der Waals surface area contributed by atoms with Crippen LogP contribution in [0.25, 0.3) is 0 Å². The number of carbonyl (C=O) groups excluding carboxylic acids is 1. The monoisotopic (exact) mass is 462 g/mol. The Morgan fingerprint density at radius 1 is 1.39 bits per heavy atom. The minimum Gasteiger partial charge on any atom is -0.469 e. The molecule has 0 aromatic heterocycles. The van der Waals surface area contributed by atoms with Gasteiger partial charge in [-0.2, -0.15) is 0 Å². The molecule has 0 amide bonds. The Morgan fingerprint density at radius 2 is 2.11 bits per heavy atom. The first kappa shape index (κ1) is 25.0. The smallest absolute Gasteiger partial charge is 0.310 e. The molecule has 0 radical (unpaired) electrons. The van der Waals surface area contributed by atoms with Gasteiger partial charge in [0.1, 0.15) is 0 Å². The molecule has 5 atom stereocenters. The number of halogens is 1. The maximum Gasteiger partial charge on any atom is 0.310 e. The molecular weight excluding hydrogens is 432 g/mol. The quantitative estimate of drug-likeness (QED) is 0.380. The summed E-state index contributed by atoms with van der Waals surface area (Å²) < 4.78 is 21.0. The molecule has 7 nitrogen and oxygen atoms in total. The lowest BCUT2D eigenvalue weighted by molar-refractivity contribution is -0.287. The number of rotatable bonds is 10. The normalized spacial score (nSPS) is 28.6. The molecule has 8 heteroatoms. The van der Waals surface area contributed by atoms with Crippen molar-refractivity contribution >= 4 is 21.9 Å². The predicted octanol–water partition coefficient (Wildman–Crippen LogP) is 2.61. The van der Waals surface area contributed by atoms with E-state index in [4.69, 9.17) is 14.2 Å². The van der Waals surface area contributed by atoms with Gasteiger partial charge in [0, 0.05) is 27.1 Å². The lowest BCUT2D eigenvalue weighted by Gasteiger charge is -2.41. The lowest BCUT2D eigenvalue weighted by atomic mass is 9.93. The fraction of sp³-hybridized carbons (Fsp3) is 0.650. The van der Waals surface area contributed by atoms with Crippen LogP contribution in [0.1, 0.15) is 32.6 Å². The maximum absolute atomic E-state index is 11.6. The zero-order valence-electron chi connectivity index (χ0n) is 16.8. The van der Waals surface area contributed by atoms with E-state index in [9.17, 15) is 15.0 Å². The Morgan fingerprint density at radius 3 is 2.68 bits per heavy atom.